The molecule has 0 saturated heterocycles. The molecule has 1 aromatic rings. The number of methoxy groups -OCH3 is 1. The third-order valence-electron chi connectivity index (χ3n) is 1.36. The fraction of sp³-hybridized carbons (Fsp3) is 0.250. The van der Waals surface area contributed by atoms with Crippen LogP contribution in [0.3, 0.4) is 0 Å². The molecule has 1 rings (SSSR count). The molecule has 2 radical (unpaired) electrons. The van der Waals surface area contributed by atoms with Crippen molar-refractivity contribution in [1.82, 2.24) is 0 Å². The van der Waals surface area contributed by atoms with Crippen LogP contribution in [-0.4, -0.2) is 29.1 Å². The molecule has 0 atom stereocenters. The topological polar surface area (TPSA) is 29.5 Å². The molecule has 0 unspecified atom stereocenters. The van der Waals surface area contributed by atoms with Gasteiger partial charge in [0.15, 0.2) is 0 Å². The van der Waals surface area contributed by atoms with E-state index in [1.807, 2.05) is 12.1 Å². The van der Waals surface area contributed by atoms with E-state index in [0.29, 0.717) is 12.4 Å². The molecule has 0 aromatic heterocycles. The van der Waals surface area contributed by atoms with Gasteiger partial charge in [0, 0.05) is 0 Å². The molecule has 1 N–H and O–H groups in total. The Labute approximate surface area is 74.7 Å². The molecule has 0 spiro atoms. The predicted octanol–water partition coefficient (Wildman–Crippen LogP) is 0.332. The van der Waals surface area contributed by atoms with Crippen LogP contribution in [0.25, 0.3) is 0 Å². The van der Waals surface area contributed by atoms with Gasteiger partial charge < -0.3 is 0 Å². The Morgan fingerprint density at radius 1 is 1.55 bits per heavy atom. The van der Waals surface area contributed by atoms with Crippen molar-refractivity contribution in [3.8, 4) is 5.75 Å². The molecule has 0 aliphatic rings. The molecular formula is C8H9AsO2. The minimum absolute atomic E-state index is 0.293. The summed E-state index contributed by atoms with van der Waals surface area (Å²) in [7, 11) is 1.61. The first-order chi connectivity index (χ1) is 5.24. The molecular weight excluding hydrogens is 203 g/mol. The van der Waals surface area contributed by atoms with E-state index in [9.17, 15) is 5.11 Å². The summed E-state index contributed by atoms with van der Waals surface area (Å²) in [6, 6.07) is 5.40. The van der Waals surface area contributed by atoms with Gasteiger partial charge in [0.05, 0.1) is 0 Å². The van der Waals surface area contributed by atoms with Crippen molar-refractivity contribution in [2.45, 2.75) is 6.61 Å². The average Bonchev–Trinajstić information content (AvgIpc) is 1.98. The Balaban J connectivity index is 2.93. The third-order valence-corrected chi connectivity index (χ3v) is 1.95. The van der Waals surface area contributed by atoms with Crippen LogP contribution >= 0.6 is 0 Å². The van der Waals surface area contributed by atoms with Crippen molar-refractivity contribution in [3.63, 3.8) is 0 Å². The van der Waals surface area contributed by atoms with Crippen LogP contribution in [0.2, 0.25) is 0 Å². The summed E-state index contributed by atoms with van der Waals surface area (Å²) in [6.45, 7) is 0.456. The number of ether oxygens (including phenoxy) is 1. The van der Waals surface area contributed by atoms with E-state index >= 15 is 0 Å². The summed E-state index contributed by atoms with van der Waals surface area (Å²) in [5, 5.41) is 9.28. The van der Waals surface area contributed by atoms with Crippen molar-refractivity contribution >= 4 is 21.2 Å². The molecule has 0 saturated carbocycles. The maximum atomic E-state index is 9.28. The van der Waals surface area contributed by atoms with Gasteiger partial charge in [-0.15, -0.1) is 0 Å². The van der Waals surface area contributed by atoms with Gasteiger partial charge in [0.1, 0.15) is 0 Å². The van der Waals surface area contributed by atoms with Crippen LogP contribution in [0.1, 0.15) is 5.56 Å². The first-order valence-corrected chi connectivity index (χ1v) is 4.17. The standard InChI is InChI=1S/C8H9AsO2/c1-11-5-6-4-7(9)2-3-8(6)10/h2-4,10H,5H2,1H3. The number of hydrogen-bond donors (Lipinski definition) is 1. The number of phenols is 1. The number of hydrogen-bond acceptors (Lipinski definition) is 2. The van der Waals surface area contributed by atoms with E-state index < -0.39 is 0 Å². The van der Waals surface area contributed by atoms with Crippen molar-refractivity contribution in [2.24, 2.45) is 0 Å². The van der Waals surface area contributed by atoms with Crippen LogP contribution in [-0.2, 0) is 11.3 Å². The minimum atomic E-state index is 0.293. The SMILES string of the molecule is COCc1cc([As])ccc1O. The maximum absolute atomic E-state index is 9.28. The van der Waals surface area contributed by atoms with Crippen LogP contribution in [0, 0.1) is 0 Å². The second kappa shape index (κ2) is 3.79. The Kier molecular flexibility index (Phi) is 2.98. The fourth-order valence-corrected chi connectivity index (χ4v) is 1.33. The van der Waals surface area contributed by atoms with E-state index in [0.717, 1.165) is 9.91 Å². The van der Waals surface area contributed by atoms with Crippen LogP contribution in [0.15, 0.2) is 18.2 Å². The zero-order valence-electron chi connectivity index (χ0n) is 6.24. The molecule has 0 bridgehead atoms. The summed E-state index contributed by atoms with van der Waals surface area (Å²) in [6.07, 6.45) is 0. The van der Waals surface area contributed by atoms with Crippen LogP contribution < -0.4 is 4.35 Å². The van der Waals surface area contributed by atoms with E-state index in [2.05, 4.69) is 16.9 Å². The van der Waals surface area contributed by atoms with Crippen molar-refractivity contribution < 1.29 is 9.84 Å². The summed E-state index contributed by atoms with van der Waals surface area (Å²) >= 11 is 2.42. The van der Waals surface area contributed by atoms with E-state index in [1.54, 1.807) is 13.2 Å². The summed E-state index contributed by atoms with van der Waals surface area (Å²) in [5.41, 5.74) is 0.825. The monoisotopic (exact) mass is 212 g/mol. The number of phenolic OH excluding ortho intramolecular Hbond substituents is 1. The van der Waals surface area contributed by atoms with E-state index in [-0.39, 0.29) is 0 Å². The quantitative estimate of drug-likeness (QED) is 0.716. The Morgan fingerprint density at radius 2 is 2.27 bits per heavy atom. The second-order valence-electron chi connectivity index (χ2n) is 2.25. The normalized spacial score (nSPS) is 10.0. The van der Waals surface area contributed by atoms with Gasteiger partial charge in [-0.25, -0.2) is 0 Å². The molecule has 3 heteroatoms. The zero-order valence-corrected chi connectivity index (χ0v) is 8.12. The average molecular weight is 212 g/mol. The second-order valence-corrected chi connectivity index (χ2v) is 3.33. The number of benzene rings is 1. The van der Waals surface area contributed by atoms with Crippen LogP contribution in [0.4, 0.5) is 0 Å². The number of aromatic hydroxyl groups is 1. The van der Waals surface area contributed by atoms with Crippen LogP contribution in [0.5, 0.6) is 5.75 Å². The van der Waals surface area contributed by atoms with Gasteiger partial charge in [0.2, 0.25) is 0 Å². The van der Waals surface area contributed by atoms with E-state index in [1.165, 1.54) is 0 Å². The fourth-order valence-electron chi connectivity index (χ4n) is 0.843. The third kappa shape index (κ3) is 2.25. The molecule has 1 aromatic carbocycles. The molecule has 11 heavy (non-hydrogen) atoms. The van der Waals surface area contributed by atoms with Gasteiger partial charge in [-0.2, -0.15) is 0 Å². The van der Waals surface area contributed by atoms with Gasteiger partial charge in [-0.05, 0) is 0 Å². The molecule has 2 nitrogen and oxygen atoms in total. The van der Waals surface area contributed by atoms with Gasteiger partial charge in [-0.3, -0.25) is 0 Å². The molecule has 0 amide bonds. The Morgan fingerprint density at radius 3 is 2.91 bits per heavy atom. The van der Waals surface area contributed by atoms with Crippen molar-refractivity contribution in [2.75, 3.05) is 7.11 Å². The number of rotatable bonds is 2. The molecule has 0 fully saturated rings. The molecule has 0 aliphatic heterocycles. The van der Waals surface area contributed by atoms with Gasteiger partial charge in [-0.1, -0.05) is 0 Å². The molecule has 0 aliphatic carbocycles. The predicted molar refractivity (Wildman–Crippen MR) is 44.2 cm³/mol. The van der Waals surface area contributed by atoms with Crippen molar-refractivity contribution in [3.05, 3.63) is 23.8 Å². The first kappa shape index (κ1) is 8.63. The van der Waals surface area contributed by atoms with Gasteiger partial charge >= 0.3 is 74.3 Å². The Hall–Kier alpha value is -0.462. The molecule has 0 heterocycles. The zero-order chi connectivity index (χ0) is 8.27. The first-order valence-electron chi connectivity index (χ1n) is 3.24. The van der Waals surface area contributed by atoms with Crippen molar-refractivity contribution in [1.29, 1.82) is 0 Å². The Bertz CT molecular complexity index is 248. The molecule has 58 valence electrons. The summed E-state index contributed by atoms with van der Waals surface area (Å²) in [4.78, 5) is 0. The van der Waals surface area contributed by atoms with E-state index in [4.69, 9.17) is 4.74 Å². The summed E-state index contributed by atoms with van der Waals surface area (Å²) < 4.78 is 5.97. The van der Waals surface area contributed by atoms with Gasteiger partial charge in [0.25, 0.3) is 0 Å². The summed E-state index contributed by atoms with van der Waals surface area (Å²) in [5.74, 6) is 0.293.